The number of amides is 2. The minimum atomic E-state index is -3.86. The molecule has 3 rings (SSSR count). The van der Waals surface area contributed by atoms with Crippen molar-refractivity contribution in [1.29, 1.82) is 0 Å². The van der Waals surface area contributed by atoms with Gasteiger partial charge in [0.15, 0.2) is 0 Å². The standard InChI is InChI=1S/C28H31Cl2N3O5S/c1-4-26(28(35)31-5-2)32(18-20-11-16-24(29)25(30)17-20)27(34)19-33(39(3,36)37)21-12-14-23(15-13-21)38-22-9-7-6-8-10-22/h6-17,26H,4-5,18-19H2,1-3H3,(H,31,35)/t26-/m1/s1. The molecule has 0 aliphatic heterocycles. The summed E-state index contributed by atoms with van der Waals surface area (Å²) in [4.78, 5) is 27.9. The Morgan fingerprint density at radius 2 is 1.56 bits per heavy atom. The van der Waals surface area contributed by atoms with Crippen molar-refractivity contribution in [2.45, 2.75) is 32.9 Å². The zero-order valence-corrected chi connectivity index (χ0v) is 24.3. The van der Waals surface area contributed by atoms with Crippen molar-refractivity contribution < 1.29 is 22.7 Å². The van der Waals surface area contributed by atoms with Gasteiger partial charge in [0.1, 0.15) is 24.1 Å². The predicted molar refractivity (Wildman–Crippen MR) is 155 cm³/mol. The highest BCUT2D eigenvalue weighted by atomic mass is 35.5. The van der Waals surface area contributed by atoms with E-state index in [0.29, 0.717) is 40.1 Å². The highest BCUT2D eigenvalue weighted by Gasteiger charge is 2.31. The van der Waals surface area contributed by atoms with Crippen LogP contribution in [0.4, 0.5) is 5.69 Å². The topological polar surface area (TPSA) is 96.0 Å². The Morgan fingerprint density at radius 3 is 2.13 bits per heavy atom. The van der Waals surface area contributed by atoms with Gasteiger partial charge in [0.2, 0.25) is 21.8 Å². The average molecular weight is 593 g/mol. The molecule has 0 bridgehead atoms. The summed E-state index contributed by atoms with van der Waals surface area (Å²) < 4.78 is 32.4. The van der Waals surface area contributed by atoms with E-state index >= 15 is 0 Å². The molecule has 0 aromatic heterocycles. The lowest BCUT2D eigenvalue weighted by atomic mass is 10.1. The first-order valence-corrected chi connectivity index (χ1v) is 15.0. The number of para-hydroxylation sites is 1. The number of rotatable bonds is 12. The van der Waals surface area contributed by atoms with Crippen LogP contribution in [0.1, 0.15) is 25.8 Å². The van der Waals surface area contributed by atoms with E-state index in [1.165, 1.54) is 4.90 Å². The number of benzene rings is 3. The maximum Gasteiger partial charge on any atom is 0.244 e. The molecular formula is C28H31Cl2N3O5S. The molecular weight excluding hydrogens is 561 g/mol. The number of nitrogens with one attached hydrogen (secondary N) is 1. The fourth-order valence-corrected chi connectivity index (χ4v) is 5.14. The van der Waals surface area contributed by atoms with Crippen LogP contribution in [0, 0.1) is 0 Å². The van der Waals surface area contributed by atoms with Crippen LogP contribution in [-0.4, -0.2) is 50.5 Å². The molecule has 0 radical (unpaired) electrons. The zero-order valence-electron chi connectivity index (χ0n) is 21.9. The van der Waals surface area contributed by atoms with Crippen molar-refractivity contribution in [1.82, 2.24) is 10.2 Å². The van der Waals surface area contributed by atoms with Crippen molar-refractivity contribution >= 4 is 50.7 Å². The van der Waals surface area contributed by atoms with Crippen LogP contribution in [0.25, 0.3) is 0 Å². The summed E-state index contributed by atoms with van der Waals surface area (Å²) >= 11 is 12.2. The van der Waals surface area contributed by atoms with Crippen LogP contribution in [0.15, 0.2) is 72.8 Å². The van der Waals surface area contributed by atoms with Gasteiger partial charge in [0.25, 0.3) is 0 Å². The first-order valence-electron chi connectivity index (χ1n) is 12.3. The van der Waals surface area contributed by atoms with Crippen LogP contribution in [0.3, 0.4) is 0 Å². The number of hydrogen-bond donors (Lipinski definition) is 1. The highest BCUT2D eigenvalue weighted by molar-refractivity contribution is 7.92. The van der Waals surface area contributed by atoms with Gasteiger partial charge in [0.05, 0.1) is 22.0 Å². The minimum Gasteiger partial charge on any atom is -0.457 e. The van der Waals surface area contributed by atoms with Crippen molar-refractivity contribution in [2.24, 2.45) is 0 Å². The van der Waals surface area contributed by atoms with Gasteiger partial charge < -0.3 is 15.0 Å². The zero-order chi connectivity index (χ0) is 28.6. The van der Waals surface area contributed by atoms with E-state index in [0.717, 1.165) is 10.6 Å². The van der Waals surface area contributed by atoms with Gasteiger partial charge in [-0.15, -0.1) is 0 Å². The van der Waals surface area contributed by atoms with E-state index in [4.69, 9.17) is 27.9 Å². The van der Waals surface area contributed by atoms with Crippen molar-refractivity contribution in [3.05, 3.63) is 88.4 Å². The number of nitrogens with zero attached hydrogens (tertiary/aromatic N) is 2. The number of hydrogen-bond acceptors (Lipinski definition) is 5. The summed E-state index contributed by atoms with van der Waals surface area (Å²) in [5.74, 6) is 0.263. The van der Waals surface area contributed by atoms with Gasteiger partial charge >= 0.3 is 0 Å². The van der Waals surface area contributed by atoms with Crippen molar-refractivity contribution in [3.8, 4) is 11.5 Å². The molecule has 0 aliphatic carbocycles. The van der Waals surface area contributed by atoms with Crippen LogP contribution in [0.2, 0.25) is 10.0 Å². The number of halogens is 2. The monoisotopic (exact) mass is 591 g/mol. The molecule has 0 saturated carbocycles. The number of ether oxygens (including phenoxy) is 1. The Morgan fingerprint density at radius 1 is 0.923 bits per heavy atom. The van der Waals surface area contributed by atoms with E-state index in [9.17, 15) is 18.0 Å². The van der Waals surface area contributed by atoms with Gasteiger partial charge in [-0.05, 0) is 67.4 Å². The van der Waals surface area contributed by atoms with Crippen LogP contribution < -0.4 is 14.4 Å². The maximum atomic E-state index is 13.7. The van der Waals surface area contributed by atoms with Gasteiger partial charge in [0, 0.05) is 13.1 Å². The van der Waals surface area contributed by atoms with E-state index in [2.05, 4.69) is 5.32 Å². The van der Waals surface area contributed by atoms with Gasteiger partial charge in [-0.25, -0.2) is 8.42 Å². The summed E-state index contributed by atoms with van der Waals surface area (Å²) in [6, 6.07) is 19.7. The second-order valence-corrected chi connectivity index (χ2v) is 11.5. The van der Waals surface area contributed by atoms with E-state index in [-0.39, 0.29) is 18.1 Å². The Bertz CT molecular complexity index is 1390. The summed E-state index contributed by atoms with van der Waals surface area (Å²) in [7, 11) is -3.86. The number of carbonyl (C=O) groups is 2. The largest absolute Gasteiger partial charge is 0.457 e. The van der Waals surface area contributed by atoms with Crippen LogP contribution in [-0.2, 0) is 26.2 Å². The first-order chi connectivity index (χ1) is 18.5. The quantitative estimate of drug-likeness (QED) is 0.300. The predicted octanol–water partition coefficient (Wildman–Crippen LogP) is 5.50. The van der Waals surface area contributed by atoms with Crippen LogP contribution in [0.5, 0.6) is 11.5 Å². The lowest BCUT2D eigenvalue weighted by Crippen LogP contribution is -2.52. The fourth-order valence-electron chi connectivity index (χ4n) is 3.96. The molecule has 0 heterocycles. The molecule has 11 heteroatoms. The summed E-state index contributed by atoms with van der Waals surface area (Å²) in [6.45, 7) is 3.49. The molecule has 39 heavy (non-hydrogen) atoms. The molecule has 208 valence electrons. The first kappa shape index (κ1) is 30.3. The molecule has 0 aliphatic rings. The Labute approximate surface area is 239 Å². The van der Waals surface area contributed by atoms with Gasteiger partial charge in [-0.1, -0.05) is 54.4 Å². The SMILES string of the molecule is CCNC(=O)[C@@H](CC)N(Cc1ccc(Cl)c(Cl)c1)C(=O)CN(c1ccc(Oc2ccccc2)cc1)S(C)(=O)=O. The Balaban J connectivity index is 1.90. The van der Waals surface area contributed by atoms with Crippen LogP contribution >= 0.6 is 23.2 Å². The molecule has 3 aromatic rings. The third kappa shape index (κ3) is 8.36. The minimum absolute atomic E-state index is 0.0345. The van der Waals surface area contributed by atoms with E-state index < -0.39 is 28.5 Å². The molecule has 0 unspecified atom stereocenters. The number of anilines is 1. The molecule has 0 saturated heterocycles. The Hall–Kier alpha value is -3.27. The number of sulfonamides is 1. The van der Waals surface area contributed by atoms with Gasteiger partial charge in [-0.2, -0.15) is 0 Å². The lowest BCUT2D eigenvalue weighted by Gasteiger charge is -2.32. The molecule has 8 nitrogen and oxygen atoms in total. The maximum absolute atomic E-state index is 13.7. The van der Waals surface area contributed by atoms with Crippen molar-refractivity contribution in [2.75, 3.05) is 23.7 Å². The molecule has 2 amide bonds. The molecule has 1 N–H and O–H groups in total. The smallest absolute Gasteiger partial charge is 0.244 e. The second-order valence-electron chi connectivity index (χ2n) is 8.77. The normalized spacial score (nSPS) is 11.9. The third-order valence-corrected chi connectivity index (χ3v) is 7.74. The van der Waals surface area contributed by atoms with E-state index in [1.54, 1.807) is 68.4 Å². The van der Waals surface area contributed by atoms with Gasteiger partial charge in [-0.3, -0.25) is 13.9 Å². The van der Waals surface area contributed by atoms with E-state index in [1.807, 2.05) is 18.2 Å². The van der Waals surface area contributed by atoms with Crippen molar-refractivity contribution in [3.63, 3.8) is 0 Å². The lowest BCUT2D eigenvalue weighted by molar-refractivity contribution is -0.140. The average Bonchev–Trinajstić information content (AvgIpc) is 2.90. The highest BCUT2D eigenvalue weighted by Crippen LogP contribution is 2.27. The molecule has 1 atom stereocenters. The fraction of sp³-hybridized carbons (Fsp3) is 0.286. The number of likely N-dealkylation sites (N-methyl/N-ethyl adjacent to an activating group) is 1. The molecule has 3 aromatic carbocycles. The molecule has 0 fully saturated rings. The molecule has 0 spiro atoms. The second kappa shape index (κ2) is 13.7. The number of carbonyl (C=O) groups excluding carboxylic acids is 2. The summed E-state index contributed by atoms with van der Waals surface area (Å²) in [5, 5.41) is 3.42. The summed E-state index contributed by atoms with van der Waals surface area (Å²) in [5.41, 5.74) is 0.931. The Kier molecular flexibility index (Phi) is 10.6. The summed E-state index contributed by atoms with van der Waals surface area (Å²) in [6.07, 6.45) is 1.35. The third-order valence-electron chi connectivity index (χ3n) is 5.86.